The summed E-state index contributed by atoms with van der Waals surface area (Å²) >= 11 is 0. The summed E-state index contributed by atoms with van der Waals surface area (Å²) in [6.07, 6.45) is 2.79. The van der Waals surface area contributed by atoms with Gasteiger partial charge in [0.25, 0.3) is 5.89 Å². The van der Waals surface area contributed by atoms with Crippen molar-refractivity contribution in [3.8, 4) is 5.75 Å². The molecular weight excluding hydrogens is 325 g/mol. The fraction of sp³-hybridized carbons (Fsp3) is 0.500. The van der Waals surface area contributed by atoms with E-state index < -0.39 is 5.82 Å². The largest absolute Gasteiger partial charge is 0.481 e. The number of carbonyl (C=O) groups excluding carboxylic acids is 1. The van der Waals surface area contributed by atoms with Crippen LogP contribution in [0.4, 0.5) is 4.39 Å². The molecule has 0 spiro atoms. The SMILES string of the molecule is CC(C)C(=O)N1CCCC[C@@H]1c1nnc(COc2ccccc2F)o1. The molecule has 0 radical (unpaired) electrons. The molecule has 1 atom stereocenters. The lowest BCUT2D eigenvalue weighted by atomic mass is 10.00. The number of ether oxygens (including phenoxy) is 1. The molecule has 1 amide bonds. The predicted octanol–water partition coefficient (Wildman–Crippen LogP) is 3.50. The van der Waals surface area contributed by atoms with Gasteiger partial charge in [-0.05, 0) is 31.4 Å². The number of benzene rings is 1. The van der Waals surface area contributed by atoms with E-state index in [1.165, 1.54) is 12.1 Å². The van der Waals surface area contributed by atoms with Gasteiger partial charge in [-0.2, -0.15) is 0 Å². The number of nitrogens with zero attached hydrogens (tertiary/aromatic N) is 3. The minimum Gasteiger partial charge on any atom is -0.481 e. The number of halogens is 1. The van der Waals surface area contributed by atoms with Gasteiger partial charge < -0.3 is 14.1 Å². The van der Waals surface area contributed by atoms with E-state index in [2.05, 4.69) is 10.2 Å². The number of hydrogen-bond acceptors (Lipinski definition) is 5. The average molecular weight is 347 g/mol. The second kappa shape index (κ2) is 7.63. The van der Waals surface area contributed by atoms with Crippen LogP contribution in [0.2, 0.25) is 0 Å². The first-order valence-corrected chi connectivity index (χ1v) is 8.56. The van der Waals surface area contributed by atoms with Crippen molar-refractivity contribution in [2.45, 2.75) is 45.8 Å². The van der Waals surface area contributed by atoms with Crippen molar-refractivity contribution in [1.82, 2.24) is 15.1 Å². The van der Waals surface area contributed by atoms with E-state index in [4.69, 9.17) is 9.15 Å². The molecule has 134 valence electrons. The fourth-order valence-electron chi connectivity index (χ4n) is 2.94. The van der Waals surface area contributed by atoms with Gasteiger partial charge in [0.2, 0.25) is 11.8 Å². The standard InChI is InChI=1S/C18H22FN3O3/c1-12(2)18(23)22-10-6-5-8-14(22)17-21-20-16(25-17)11-24-15-9-4-3-7-13(15)19/h3-4,7,9,12,14H,5-6,8,10-11H2,1-2H3/t14-/m1/s1. The first-order chi connectivity index (χ1) is 12.1. The normalized spacial score (nSPS) is 17.8. The number of piperidine rings is 1. The molecule has 0 aliphatic carbocycles. The van der Waals surface area contributed by atoms with Crippen LogP contribution in [0.5, 0.6) is 5.75 Å². The summed E-state index contributed by atoms with van der Waals surface area (Å²) in [5.41, 5.74) is 0. The van der Waals surface area contributed by atoms with E-state index in [-0.39, 0.29) is 36.1 Å². The first-order valence-electron chi connectivity index (χ1n) is 8.56. The summed E-state index contributed by atoms with van der Waals surface area (Å²) in [5, 5.41) is 8.05. The van der Waals surface area contributed by atoms with Crippen molar-refractivity contribution in [2.24, 2.45) is 5.92 Å². The Hall–Kier alpha value is -2.44. The molecule has 0 N–H and O–H groups in total. The van der Waals surface area contributed by atoms with Crippen molar-refractivity contribution in [3.63, 3.8) is 0 Å². The van der Waals surface area contributed by atoms with Crippen LogP contribution >= 0.6 is 0 Å². The zero-order chi connectivity index (χ0) is 17.8. The monoisotopic (exact) mass is 347 g/mol. The third-order valence-corrected chi connectivity index (χ3v) is 4.24. The summed E-state index contributed by atoms with van der Waals surface area (Å²) in [5.74, 6) is 0.390. The highest BCUT2D eigenvalue weighted by Gasteiger charge is 2.32. The second-order valence-electron chi connectivity index (χ2n) is 6.45. The number of carbonyl (C=O) groups is 1. The van der Waals surface area contributed by atoms with E-state index >= 15 is 0 Å². The van der Waals surface area contributed by atoms with E-state index in [0.29, 0.717) is 12.4 Å². The van der Waals surface area contributed by atoms with Gasteiger partial charge in [0.1, 0.15) is 6.04 Å². The predicted molar refractivity (Wildman–Crippen MR) is 88.2 cm³/mol. The molecular formula is C18H22FN3O3. The number of para-hydroxylation sites is 1. The van der Waals surface area contributed by atoms with Crippen molar-refractivity contribution < 1.29 is 18.3 Å². The van der Waals surface area contributed by atoms with Crippen LogP contribution in [-0.4, -0.2) is 27.5 Å². The summed E-state index contributed by atoms with van der Waals surface area (Å²) in [6.45, 7) is 4.45. The van der Waals surface area contributed by atoms with Crippen LogP contribution in [0.25, 0.3) is 0 Å². The Kier molecular flexibility index (Phi) is 5.31. The first kappa shape index (κ1) is 17.4. The van der Waals surface area contributed by atoms with Crippen LogP contribution in [0.3, 0.4) is 0 Å². The Morgan fingerprint density at radius 1 is 1.36 bits per heavy atom. The third kappa shape index (κ3) is 3.97. The van der Waals surface area contributed by atoms with Gasteiger partial charge in [0.05, 0.1) is 0 Å². The van der Waals surface area contributed by atoms with Gasteiger partial charge in [-0.1, -0.05) is 26.0 Å². The maximum atomic E-state index is 13.6. The van der Waals surface area contributed by atoms with Crippen molar-refractivity contribution in [2.75, 3.05) is 6.54 Å². The molecule has 1 saturated heterocycles. The van der Waals surface area contributed by atoms with Gasteiger partial charge in [-0.25, -0.2) is 4.39 Å². The lowest BCUT2D eigenvalue weighted by molar-refractivity contribution is -0.139. The summed E-state index contributed by atoms with van der Waals surface area (Å²) in [7, 11) is 0. The molecule has 1 fully saturated rings. The van der Waals surface area contributed by atoms with E-state index in [1.807, 2.05) is 18.7 Å². The number of amides is 1. The molecule has 6 nitrogen and oxygen atoms in total. The maximum Gasteiger partial charge on any atom is 0.253 e. The number of rotatable bonds is 5. The zero-order valence-electron chi connectivity index (χ0n) is 14.4. The third-order valence-electron chi connectivity index (χ3n) is 4.24. The van der Waals surface area contributed by atoms with Gasteiger partial charge in [-0.3, -0.25) is 4.79 Å². The Labute approximate surface area is 146 Å². The van der Waals surface area contributed by atoms with Crippen molar-refractivity contribution in [1.29, 1.82) is 0 Å². The van der Waals surface area contributed by atoms with E-state index in [0.717, 1.165) is 19.3 Å². The van der Waals surface area contributed by atoms with Crippen LogP contribution in [0.15, 0.2) is 28.7 Å². The molecule has 1 aliphatic rings. The fourth-order valence-corrected chi connectivity index (χ4v) is 2.94. The van der Waals surface area contributed by atoms with Gasteiger partial charge in [0.15, 0.2) is 18.2 Å². The number of aromatic nitrogens is 2. The molecule has 3 rings (SSSR count). The summed E-state index contributed by atoms with van der Waals surface area (Å²) in [6, 6.07) is 5.95. The Morgan fingerprint density at radius 2 is 2.16 bits per heavy atom. The molecule has 1 aliphatic heterocycles. The van der Waals surface area contributed by atoms with Gasteiger partial charge in [0, 0.05) is 12.5 Å². The summed E-state index contributed by atoms with van der Waals surface area (Å²) < 4.78 is 24.6. The number of likely N-dealkylation sites (tertiary alicyclic amines) is 1. The smallest absolute Gasteiger partial charge is 0.253 e. The van der Waals surface area contributed by atoms with Crippen LogP contribution in [0, 0.1) is 11.7 Å². The highest BCUT2D eigenvalue weighted by molar-refractivity contribution is 5.78. The maximum absolute atomic E-state index is 13.6. The molecule has 0 unspecified atom stereocenters. The molecule has 7 heteroatoms. The molecule has 0 saturated carbocycles. The lowest BCUT2D eigenvalue weighted by Gasteiger charge is -2.34. The van der Waals surface area contributed by atoms with Crippen LogP contribution in [0.1, 0.15) is 50.9 Å². The number of hydrogen-bond donors (Lipinski definition) is 0. The quantitative estimate of drug-likeness (QED) is 0.828. The minimum absolute atomic E-state index is 0.0151. The molecule has 25 heavy (non-hydrogen) atoms. The molecule has 1 aromatic heterocycles. The molecule has 1 aromatic carbocycles. The minimum atomic E-state index is -0.441. The van der Waals surface area contributed by atoms with Crippen molar-refractivity contribution in [3.05, 3.63) is 41.9 Å². The molecule has 2 heterocycles. The second-order valence-corrected chi connectivity index (χ2v) is 6.45. The lowest BCUT2D eigenvalue weighted by Crippen LogP contribution is -2.40. The van der Waals surface area contributed by atoms with Crippen molar-refractivity contribution >= 4 is 5.91 Å². The molecule has 2 aromatic rings. The Morgan fingerprint density at radius 3 is 2.92 bits per heavy atom. The summed E-state index contributed by atoms with van der Waals surface area (Å²) in [4.78, 5) is 14.2. The topological polar surface area (TPSA) is 68.5 Å². The highest BCUT2D eigenvalue weighted by Crippen LogP contribution is 2.31. The Balaban J connectivity index is 1.69. The zero-order valence-corrected chi connectivity index (χ0v) is 14.4. The van der Waals surface area contributed by atoms with Gasteiger partial charge >= 0.3 is 0 Å². The highest BCUT2D eigenvalue weighted by atomic mass is 19.1. The van der Waals surface area contributed by atoms with Crippen LogP contribution in [-0.2, 0) is 11.4 Å². The van der Waals surface area contributed by atoms with E-state index in [1.54, 1.807) is 12.1 Å². The van der Waals surface area contributed by atoms with Gasteiger partial charge in [-0.15, -0.1) is 10.2 Å². The van der Waals surface area contributed by atoms with Crippen LogP contribution < -0.4 is 4.74 Å². The van der Waals surface area contributed by atoms with E-state index in [9.17, 15) is 9.18 Å². The Bertz CT molecular complexity index is 732. The molecule has 0 bridgehead atoms. The average Bonchev–Trinajstić information content (AvgIpc) is 3.09.